The number of rotatable bonds is 19. The van der Waals surface area contributed by atoms with Gasteiger partial charge in [0, 0.05) is 53.5 Å². The molecule has 358 valence electrons. The first kappa shape index (κ1) is 50.8. The van der Waals surface area contributed by atoms with Crippen molar-refractivity contribution in [3.63, 3.8) is 0 Å². The SMILES string of the molecule is CCCCOc1c(F)cc(F)c(C2=C(C=CC3=[N+](CCCCS(=O)(=O)O)c4ccccc4C3(C)C)CCCC2=CC=C2N(CCCCS(=O)(=O)O)c3ccc(S(=O)(=O)O)cc3C2(C)C)c1F. The third-order valence-corrected chi connectivity index (χ3v) is 15.0. The molecule has 0 spiro atoms. The van der Waals surface area contributed by atoms with Gasteiger partial charge in [0.25, 0.3) is 30.4 Å². The van der Waals surface area contributed by atoms with Crippen LogP contribution < -0.4 is 9.64 Å². The van der Waals surface area contributed by atoms with Gasteiger partial charge in [-0.25, -0.2) is 13.2 Å². The third-order valence-electron chi connectivity index (χ3n) is 12.6. The molecule has 0 radical (unpaired) electrons. The van der Waals surface area contributed by atoms with Crippen LogP contribution in [0.1, 0.15) is 109 Å². The molecule has 0 amide bonds. The molecule has 3 aliphatic rings. The molecule has 0 unspecified atom stereocenters. The van der Waals surface area contributed by atoms with Gasteiger partial charge in [-0.1, -0.05) is 57.5 Å². The van der Waals surface area contributed by atoms with E-state index in [2.05, 4.69) is 4.58 Å². The van der Waals surface area contributed by atoms with Gasteiger partial charge in [0.05, 0.1) is 34.0 Å². The molecule has 12 nitrogen and oxygen atoms in total. The number of benzene rings is 3. The minimum atomic E-state index is -4.59. The first-order valence-corrected chi connectivity index (χ1v) is 26.7. The van der Waals surface area contributed by atoms with Crippen molar-refractivity contribution in [2.24, 2.45) is 0 Å². The van der Waals surface area contributed by atoms with Crippen LogP contribution in [0, 0.1) is 17.5 Å². The summed E-state index contributed by atoms with van der Waals surface area (Å²) in [5.74, 6) is -5.08. The van der Waals surface area contributed by atoms with Gasteiger partial charge in [0.2, 0.25) is 5.69 Å². The predicted octanol–water partition coefficient (Wildman–Crippen LogP) is 10.0. The van der Waals surface area contributed by atoms with Gasteiger partial charge in [-0.15, -0.1) is 0 Å². The highest BCUT2D eigenvalue weighted by molar-refractivity contribution is 7.86. The molecule has 3 aromatic rings. The van der Waals surface area contributed by atoms with E-state index in [1.165, 1.54) is 12.1 Å². The fourth-order valence-electron chi connectivity index (χ4n) is 9.24. The third kappa shape index (κ3) is 11.2. The smallest absolute Gasteiger partial charge is 0.294 e. The van der Waals surface area contributed by atoms with Crippen LogP contribution in [-0.4, -0.2) is 80.4 Å². The van der Waals surface area contributed by atoms with Crippen LogP contribution in [-0.2, 0) is 41.2 Å². The fraction of sp³-hybridized carbons (Fsp3) is 0.438. The molecular formula is C48H58F3N2O10S3+. The summed E-state index contributed by atoms with van der Waals surface area (Å²) in [7, 11) is -13.0. The Morgan fingerprint density at radius 3 is 2.12 bits per heavy atom. The van der Waals surface area contributed by atoms with Crippen LogP contribution in [0.25, 0.3) is 5.57 Å². The Bertz CT molecular complexity index is 2880. The molecule has 1 aliphatic carbocycles. The summed E-state index contributed by atoms with van der Waals surface area (Å²) < 4.78 is 156. The van der Waals surface area contributed by atoms with Gasteiger partial charge in [0.15, 0.2) is 23.1 Å². The van der Waals surface area contributed by atoms with Crippen molar-refractivity contribution in [2.75, 3.05) is 36.1 Å². The quantitative estimate of drug-likeness (QED) is 0.0592. The monoisotopic (exact) mass is 975 g/mol. The first-order valence-electron chi connectivity index (χ1n) is 22.0. The van der Waals surface area contributed by atoms with Crippen LogP contribution in [0.2, 0.25) is 0 Å². The van der Waals surface area contributed by atoms with E-state index in [0.29, 0.717) is 85.7 Å². The van der Waals surface area contributed by atoms with E-state index < -0.39 is 81.5 Å². The summed E-state index contributed by atoms with van der Waals surface area (Å²) in [4.78, 5) is 1.56. The maximum atomic E-state index is 16.9. The number of allylic oxidation sites excluding steroid dienone is 8. The van der Waals surface area contributed by atoms with E-state index in [1.807, 2.05) is 75.9 Å². The van der Waals surface area contributed by atoms with Gasteiger partial charge < -0.3 is 9.64 Å². The number of hydrogen-bond donors (Lipinski definition) is 3. The summed E-state index contributed by atoms with van der Waals surface area (Å²) in [6.07, 6.45) is 10.8. The molecule has 0 saturated heterocycles. The number of nitrogens with zero attached hydrogens (tertiary/aromatic N) is 2. The highest BCUT2D eigenvalue weighted by atomic mass is 32.2. The second-order valence-electron chi connectivity index (χ2n) is 18.0. The van der Waals surface area contributed by atoms with Crippen LogP contribution in [0.3, 0.4) is 0 Å². The zero-order valence-electron chi connectivity index (χ0n) is 37.8. The molecule has 18 heteroatoms. The Kier molecular flexibility index (Phi) is 15.4. The average Bonchev–Trinajstić information content (AvgIpc) is 3.57. The molecule has 3 N–H and O–H groups in total. The molecule has 2 aliphatic heterocycles. The number of para-hydroxylation sites is 1. The maximum absolute atomic E-state index is 16.9. The fourth-order valence-corrected chi connectivity index (χ4v) is 10.9. The van der Waals surface area contributed by atoms with Crippen molar-refractivity contribution in [3.8, 4) is 5.75 Å². The first-order chi connectivity index (χ1) is 30.9. The van der Waals surface area contributed by atoms with E-state index >= 15 is 13.2 Å². The van der Waals surface area contributed by atoms with E-state index in [4.69, 9.17) is 4.74 Å². The van der Waals surface area contributed by atoms with Crippen molar-refractivity contribution in [3.05, 3.63) is 124 Å². The zero-order valence-corrected chi connectivity index (χ0v) is 40.2. The Hall–Kier alpha value is -4.59. The lowest BCUT2D eigenvalue weighted by atomic mass is 9.79. The summed E-state index contributed by atoms with van der Waals surface area (Å²) in [6.45, 7) is 10.3. The van der Waals surface area contributed by atoms with Gasteiger partial charge >= 0.3 is 0 Å². The standard InChI is InChI=1S/C48H57F3N2O10S3/c1-6-7-27-63-46-38(50)31-37(49)44(45(46)51)43-32(19-23-41-47(2,3)35-17-8-9-18-39(35)52(41)25-10-12-28-64(54,55)56)15-14-16-33(43)20-24-42-48(4,5)36-30-34(66(60,61)62)21-22-40(36)53(42)26-11-13-29-65(57,58)59/h8-9,17-24,30-31H,6-7,10-16,25-29H2,1-5H3,(H2-,54,55,56,57,58,59,60,61,62)/p+1. The van der Waals surface area contributed by atoms with Gasteiger partial charge in [0.1, 0.15) is 12.4 Å². The number of unbranched alkanes of at least 4 members (excludes halogenated alkanes) is 3. The molecule has 0 bridgehead atoms. The molecule has 0 aromatic heterocycles. The number of ether oxygens (including phenoxy) is 1. The lowest BCUT2D eigenvalue weighted by Gasteiger charge is -2.28. The highest BCUT2D eigenvalue weighted by Crippen LogP contribution is 2.50. The minimum Gasteiger partial charge on any atom is -0.488 e. The topological polar surface area (TPSA) is 179 Å². The number of halogens is 3. The molecule has 6 rings (SSSR count). The molecule has 0 fully saturated rings. The zero-order chi connectivity index (χ0) is 48.4. The van der Waals surface area contributed by atoms with Crippen molar-refractivity contribution in [1.29, 1.82) is 0 Å². The van der Waals surface area contributed by atoms with Gasteiger partial charge in [-0.3, -0.25) is 13.7 Å². The summed E-state index contributed by atoms with van der Waals surface area (Å²) in [5, 5.41) is 0. The van der Waals surface area contributed by atoms with Crippen LogP contribution in [0.4, 0.5) is 24.5 Å². The summed E-state index contributed by atoms with van der Waals surface area (Å²) in [5.41, 5.74) is 3.82. The van der Waals surface area contributed by atoms with Gasteiger partial charge in [-0.05, 0) is 105 Å². The van der Waals surface area contributed by atoms with Gasteiger partial charge in [-0.2, -0.15) is 29.8 Å². The maximum Gasteiger partial charge on any atom is 0.294 e. The Labute approximate surface area is 386 Å². The predicted molar refractivity (Wildman–Crippen MR) is 250 cm³/mol. The second kappa shape index (κ2) is 19.9. The van der Waals surface area contributed by atoms with Crippen molar-refractivity contribution in [2.45, 2.75) is 108 Å². The largest absolute Gasteiger partial charge is 0.488 e. The highest BCUT2D eigenvalue weighted by Gasteiger charge is 2.44. The summed E-state index contributed by atoms with van der Waals surface area (Å²) >= 11 is 0. The molecule has 0 saturated carbocycles. The van der Waals surface area contributed by atoms with Crippen molar-refractivity contribution in [1.82, 2.24) is 0 Å². The Morgan fingerprint density at radius 1 is 0.773 bits per heavy atom. The normalized spacial score (nSPS) is 18.6. The lowest BCUT2D eigenvalue weighted by molar-refractivity contribution is -0.438. The van der Waals surface area contributed by atoms with Crippen LogP contribution in [0.5, 0.6) is 5.75 Å². The van der Waals surface area contributed by atoms with E-state index in [9.17, 15) is 38.9 Å². The summed E-state index contributed by atoms with van der Waals surface area (Å²) in [6, 6.07) is 12.6. The molecule has 2 heterocycles. The van der Waals surface area contributed by atoms with Crippen molar-refractivity contribution >= 4 is 53.0 Å². The molecule has 3 aromatic carbocycles. The molecule has 0 atom stereocenters. The van der Waals surface area contributed by atoms with E-state index in [0.717, 1.165) is 17.0 Å². The Morgan fingerprint density at radius 2 is 1.45 bits per heavy atom. The Balaban J connectivity index is 1.54. The molecular weight excluding hydrogens is 918 g/mol. The van der Waals surface area contributed by atoms with Crippen molar-refractivity contribution < 1.29 is 61.4 Å². The number of anilines is 1. The minimum absolute atomic E-state index is 0.000939. The van der Waals surface area contributed by atoms with Crippen LogP contribution in [0.15, 0.2) is 94.6 Å². The van der Waals surface area contributed by atoms with E-state index in [1.54, 1.807) is 18.2 Å². The van der Waals surface area contributed by atoms with E-state index in [-0.39, 0.29) is 36.5 Å². The number of fused-ring (bicyclic) bond motifs is 2. The average molecular weight is 976 g/mol. The second-order valence-corrected chi connectivity index (χ2v) is 22.6. The molecule has 66 heavy (non-hydrogen) atoms. The lowest BCUT2D eigenvalue weighted by Crippen LogP contribution is -2.28. The number of hydrogen-bond acceptors (Lipinski definition) is 8. The van der Waals surface area contributed by atoms with Crippen LogP contribution >= 0.6 is 0 Å².